The number of aromatic nitrogens is 2. The average molecular weight is 596 g/mol. The first-order valence-electron chi connectivity index (χ1n) is 15.2. The van der Waals surface area contributed by atoms with Crippen LogP contribution in [0.2, 0.25) is 0 Å². The quantitative estimate of drug-likeness (QED) is 0.288. The van der Waals surface area contributed by atoms with Gasteiger partial charge in [-0.15, -0.1) is 0 Å². The lowest BCUT2D eigenvalue weighted by Gasteiger charge is -2.35. The number of carbonyl (C=O) groups is 3. The molecule has 9 nitrogen and oxygen atoms in total. The van der Waals surface area contributed by atoms with Crippen LogP contribution in [0, 0.1) is 5.82 Å². The smallest absolute Gasteiger partial charge is 0.321 e. The van der Waals surface area contributed by atoms with Crippen LogP contribution in [0.1, 0.15) is 72.2 Å². The molecule has 1 saturated carbocycles. The molecule has 2 aromatic heterocycles. The summed E-state index contributed by atoms with van der Waals surface area (Å²) in [7, 11) is 0. The number of carbonyl (C=O) groups excluding carboxylic acids is 3. The summed E-state index contributed by atoms with van der Waals surface area (Å²) in [5.41, 5.74) is 6.11. The molecule has 1 N–H and O–H groups in total. The van der Waals surface area contributed by atoms with E-state index in [0.29, 0.717) is 54.5 Å². The van der Waals surface area contributed by atoms with Crippen LogP contribution in [0.25, 0.3) is 16.6 Å². The summed E-state index contributed by atoms with van der Waals surface area (Å²) in [6.45, 7) is 4.78. The van der Waals surface area contributed by atoms with Gasteiger partial charge in [-0.1, -0.05) is 24.3 Å². The highest BCUT2D eigenvalue weighted by Gasteiger charge is 2.32. The standard InChI is InChI=1S/C34H34FN5O4/c1-20-27-6-4-3-5-22(27)11-14-39(20)33(42)31-17-29(23-7-8-23)32-15-24(18-40(32)37-31)28-10-9-25(16-30(28)35)36-34(43)38-13-12-26(19-38)44-21(2)41/h3-6,9-10,15-18,20,23,26H,7-8,11-14,19H2,1-2H3,(H,36,43)/t20-,26?/m1/s1. The minimum atomic E-state index is -0.483. The molecule has 3 amide bonds. The number of rotatable bonds is 5. The summed E-state index contributed by atoms with van der Waals surface area (Å²) in [4.78, 5) is 41.2. The Morgan fingerprint density at radius 3 is 2.59 bits per heavy atom. The lowest BCUT2D eigenvalue weighted by atomic mass is 9.93. The lowest BCUT2D eigenvalue weighted by molar-refractivity contribution is -0.145. The number of anilines is 1. The van der Waals surface area contributed by atoms with E-state index in [0.717, 1.165) is 30.3 Å². The van der Waals surface area contributed by atoms with Crippen molar-refractivity contribution in [1.82, 2.24) is 19.4 Å². The maximum atomic E-state index is 15.5. The Morgan fingerprint density at radius 1 is 1.00 bits per heavy atom. The van der Waals surface area contributed by atoms with Crippen molar-refractivity contribution in [2.45, 2.75) is 57.6 Å². The predicted octanol–water partition coefficient (Wildman–Crippen LogP) is 5.95. The van der Waals surface area contributed by atoms with Gasteiger partial charge >= 0.3 is 12.0 Å². The molecule has 2 aliphatic heterocycles. The topological polar surface area (TPSA) is 96.2 Å². The number of amides is 3. The first-order valence-corrected chi connectivity index (χ1v) is 15.2. The molecule has 7 rings (SSSR count). The fourth-order valence-electron chi connectivity index (χ4n) is 6.56. The van der Waals surface area contributed by atoms with Crippen molar-refractivity contribution in [1.29, 1.82) is 0 Å². The number of nitrogens with zero attached hydrogens (tertiary/aromatic N) is 4. The van der Waals surface area contributed by atoms with Crippen molar-refractivity contribution in [3.05, 3.63) is 89.0 Å². The Balaban J connectivity index is 1.13. The number of esters is 1. The number of halogens is 1. The normalized spacial score (nSPS) is 19.6. The van der Waals surface area contributed by atoms with Gasteiger partial charge in [-0.3, -0.25) is 9.59 Å². The van der Waals surface area contributed by atoms with E-state index in [1.807, 2.05) is 29.2 Å². The number of benzene rings is 2. The van der Waals surface area contributed by atoms with Crippen molar-refractivity contribution >= 4 is 29.1 Å². The molecule has 0 bridgehead atoms. The van der Waals surface area contributed by atoms with Crippen molar-refractivity contribution < 1.29 is 23.5 Å². The molecule has 1 aliphatic carbocycles. The lowest BCUT2D eigenvalue weighted by Crippen LogP contribution is -2.39. The average Bonchev–Trinajstić information content (AvgIpc) is 3.59. The molecule has 1 saturated heterocycles. The Morgan fingerprint density at radius 2 is 1.82 bits per heavy atom. The molecule has 4 heterocycles. The van der Waals surface area contributed by atoms with E-state index in [1.54, 1.807) is 27.7 Å². The SMILES string of the molecule is CC(=O)OC1CCN(C(=O)Nc2ccc(-c3cc4c(C5CC5)cc(C(=O)N5CCc6ccccc6[C@H]5C)nn4c3)c(F)c2)C1. The van der Waals surface area contributed by atoms with Crippen molar-refractivity contribution in [3.63, 3.8) is 0 Å². The molecule has 1 unspecified atom stereocenters. The molecule has 0 radical (unpaired) electrons. The second kappa shape index (κ2) is 11.1. The number of likely N-dealkylation sites (tertiary alicyclic amines) is 1. The molecule has 2 atom stereocenters. The molecular formula is C34H34FN5O4. The summed E-state index contributed by atoms with van der Waals surface area (Å²) < 4.78 is 22.4. The van der Waals surface area contributed by atoms with Gasteiger partial charge in [0.25, 0.3) is 5.91 Å². The number of hydrogen-bond acceptors (Lipinski definition) is 5. The molecular weight excluding hydrogens is 561 g/mol. The Kier molecular flexibility index (Phi) is 7.07. The maximum Gasteiger partial charge on any atom is 0.321 e. The fourth-order valence-corrected chi connectivity index (χ4v) is 6.56. The Hall–Kier alpha value is -4.73. The van der Waals surface area contributed by atoms with Gasteiger partial charge < -0.3 is 19.9 Å². The van der Waals surface area contributed by atoms with Gasteiger partial charge in [-0.2, -0.15) is 5.10 Å². The van der Waals surface area contributed by atoms with E-state index < -0.39 is 5.82 Å². The van der Waals surface area contributed by atoms with Crippen LogP contribution in [0.15, 0.2) is 60.8 Å². The van der Waals surface area contributed by atoms with E-state index in [4.69, 9.17) is 9.84 Å². The van der Waals surface area contributed by atoms with Crippen LogP contribution in [-0.2, 0) is 16.0 Å². The van der Waals surface area contributed by atoms with Crippen molar-refractivity contribution in [2.24, 2.45) is 0 Å². The van der Waals surface area contributed by atoms with E-state index in [9.17, 15) is 14.4 Å². The number of ether oxygens (including phenoxy) is 1. The summed E-state index contributed by atoms with van der Waals surface area (Å²) in [6.07, 6.45) is 4.90. The van der Waals surface area contributed by atoms with Crippen LogP contribution in [0.3, 0.4) is 0 Å². The summed E-state index contributed by atoms with van der Waals surface area (Å²) in [5, 5.41) is 7.47. The van der Waals surface area contributed by atoms with Crippen LogP contribution >= 0.6 is 0 Å². The monoisotopic (exact) mass is 595 g/mol. The second-order valence-electron chi connectivity index (χ2n) is 12.0. The van der Waals surface area contributed by atoms with Crippen LogP contribution < -0.4 is 5.32 Å². The highest BCUT2D eigenvalue weighted by Crippen LogP contribution is 2.43. The van der Waals surface area contributed by atoms with Crippen molar-refractivity contribution in [2.75, 3.05) is 25.0 Å². The predicted molar refractivity (Wildman–Crippen MR) is 163 cm³/mol. The third kappa shape index (κ3) is 5.29. The zero-order valence-electron chi connectivity index (χ0n) is 24.8. The van der Waals surface area contributed by atoms with E-state index >= 15 is 4.39 Å². The van der Waals surface area contributed by atoms with Gasteiger partial charge in [-0.25, -0.2) is 13.7 Å². The summed E-state index contributed by atoms with van der Waals surface area (Å²) in [6, 6.07) is 16.3. The second-order valence-corrected chi connectivity index (χ2v) is 12.0. The van der Waals surface area contributed by atoms with Gasteiger partial charge in [0.2, 0.25) is 0 Å². The van der Waals surface area contributed by atoms with Gasteiger partial charge in [0.05, 0.1) is 18.1 Å². The third-order valence-electron chi connectivity index (χ3n) is 8.99. The first kappa shape index (κ1) is 28.1. The van der Waals surface area contributed by atoms with Crippen molar-refractivity contribution in [3.8, 4) is 11.1 Å². The van der Waals surface area contributed by atoms with Gasteiger partial charge in [0.15, 0.2) is 0 Å². The number of fused-ring (bicyclic) bond motifs is 2. The zero-order chi connectivity index (χ0) is 30.5. The third-order valence-corrected chi connectivity index (χ3v) is 8.99. The molecule has 4 aromatic rings. The molecule has 2 fully saturated rings. The minimum Gasteiger partial charge on any atom is -0.461 e. The molecule has 0 spiro atoms. The largest absolute Gasteiger partial charge is 0.461 e. The van der Waals surface area contributed by atoms with Crippen LogP contribution in [-0.4, -0.2) is 63.1 Å². The van der Waals surface area contributed by atoms with Gasteiger partial charge in [0, 0.05) is 49.4 Å². The zero-order valence-corrected chi connectivity index (χ0v) is 24.8. The van der Waals surface area contributed by atoms with E-state index in [1.165, 1.54) is 24.1 Å². The fraction of sp³-hybridized carbons (Fsp3) is 0.353. The summed E-state index contributed by atoms with van der Waals surface area (Å²) >= 11 is 0. The van der Waals surface area contributed by atoms with E-state index in [2.05, 4.69) is 24.4 Å². The van der Waals surface area contributed by atoms with Crippen LogP contribution in [0.5, 0.6) is 0 Å². The number of nitrogens with one attached hydrogen (secondary N) is 1. The van der Waals surface area contributed by atoms with Gasteiger partial charge in [0.1, 0.15) is 17.6 Å². The Bertz CT molecular complexity index is 1800. The van der Waals surface area contributed by atoms with E-state index in [-0.39, 0.29) is 30.1 Å². The van der Waals surface area contributed by atoms with Gasteiger partial charge in [-0.05, 0) is 79.1 Å². The minimum absolute atomic E-state index is 0.0524. The first-order chi connectivity index (χ1) is 21.2. The molecule has 3 aliphatic rings. The molecule has 2 aromatic carbocycles. The Labute approximate surface area is 254 Å². The number of hydrogen-bond donors (Lipinski definition) is 1. The maximum absolute atomic E-state index is 15.5. The van der Waals surface area contributed by atoms with Crippen LogP contribution in [0.4, 0.5) is 14.9 Å². The highest BCUT2D eigenvalue weighted by molar-refractivity contribution is 5.94. The highest BCUT2D eigenvalue weighted by atomic mass is 19.1. The molecule has 44 heavy (non-hydrogen) atoms. The molecule has 10 heteroatoms. The summed E-state index contributed by atoms with van der Waals surface area (Å²) in [5.74, 6) is -0.612. The number of urea groups is 1. The molecule has 226 valence electrons.